The molecular weight excluding hydrogens is 386 g/mol. The topological polar surface area (TPSA) is 144 Å². The van der Waals surface area contributed by atoms with Crippen LogP contribution >= 0.6 is 0 Å². The summed E-state index contributed by atoms with van der Waals surface area (Å²) < 4.78 is 0. The van der Waals surface area contributed by atoms with Gasteiger partial charge in [-0.2, -0.15) is 0 Å². The van der Waals surface area contributed by atoms with Crippen LogP contribution in [0.4, 0.5) is 5.69 Å². The van der Waals surface area contributed by atoms with Gasteiger partial charge in [0.25, 0.3) is 11.8 Å². The van der Waals surface area contributed by atoms with Gasteiger partial charge in [0.05, 0.1) is 0 Å². The Balaban J connectivity index is 1.57. The second-order valence-electron chi connectivity index (χ2n) is 6.82. The molecule has 30 heavy (non-hydrogen) atoms. The molecule has 0 bridgehead atoms. The number of carbonyl (C=O) groups excluding carboxylic acids is 2. The van der Waals surface area contributed by atoms with Crippen molar-refractivity contribution in [2.45, 2.75) is 6.92 Å². The summed E-state index contributed by atoms with van der Waals surface area (Å²) in [5, 5.41) is 14.4. The van der Waals surface area contributed by atoms with Crippen molar-refractivity contribution in [2.24, 2.45) is 5.84 Å². The molecular formula is C21H19N5O4. The third-order valence-electron chi connectivity index (χ3n) is 4.82. The van der Waals surface area contributed by atoms with Gasteiger partial charge in [0.2, 0.25) is 0 Å². The van der Waals surface area contributed by atoms with E-state index in [1.807, 2.05) is 0 Å². The SMILES string of the molecule is CCN(N)C(=O)c1ccc2[nH]c(C(=O)Nc3ccc4[nH]c(C(=O)O)cc4c3)cc2c1. The van der Waals surface area contributed by atoms with E-state index in [0.29, 0.717) is 45.3 Å². The third-order valence-corrected chi connectivity index (χ3v) is 4.82. The Bertz CT molecular complexity index is 1300. The highest BCUT2D eigenvalue weighted by atomic mass is 16.4. The van der Waals surface area contributed by atoms with Gasteiger partial charge in [-0.25, -0.2) is 10.6 Å². The van der Waals surface area contributed by atoms with Crippen LogP contribution in [0.5, 0.6) is 0 Å². The Hall–Kier alpha value is -4.11. The smallest absolute Gasteiger partial charge is 0.352 e. The summed E-state index contributed by atoms with van der Waals surface area (Å²) >= 11 is 0. The van der Waals surface area contributed by atoms with Crippen LogP contribution in [0.25, 0.3) is 21.8 Å². The van der Waals surface area contributed by atoms with Crippen molar-refractivity contribution in [1.82, 2.24) is 15.0 Å². The number of hydrogen-bond donors (Lipinski definition) is 5. The predicted molar refractivity (Wildman–Crippen MR) is 112 cm³/mol. The molecule has 0 radical (unpaired) electrons. The number of H-pyrrole nitrogens is 2. The first-order valence-electron chi connectivity index (χ1n) is 9.22. The molecule has 2 aromatic heterocycles. The Labute approximate surface area is 170 Å². The predicted octanol–water partition coefficient (Wildman–Crippen LogP) is 2.94. The molecule has 4 aromatic rings. The molecule has 152 valence electrons. The van der Waals surface area contributed by atoms with Gasteiger partial charge in [0, 0.05) is 39.6 Å². The summed E-state index contributed by atoms with van der Waals surface area (Å²) in [6.07, 6.45) is 0. The van der Waals surface area contributed by atoms with Crippen LogP contribution in [0.2, 0.25) is 0 Å². The number of rotatable bonds is 5. The van der Waals surface area contributed by atoms with Gasteiger partial charge in [-0.3, -0.25) is 14.6 Å². The molecule has 0 aliphatic heterocycles. The highest BCUT2D eigenvalue weighted by Gasteiger charge is 2.15. The molecule has 2 heterocycles. The number of aromatic carboxylic acids is 1. The van der Waals surface area contributed by atoms with Crippen LogP contribution in [0.1, 0.15) is 38.3 Å². The van der Waals surface area contributed by atoms with Crippen molar-refractivity contribution in [1.29, 1.82) is 0 Å². The largest absolute Gasteiger partial charge is 0.477 e. The number of benzene rings is 2. The van der Waals surface area contributed by atoms with Gasteiger partial charge in [-0.1, -0.05) is 0 Å². The molecule has 0 spiro atoms. The second-order valence-corrected chi connectivity index (χ2v) is 6.82. The van der Waals surface area contributed by atoms with Gasteiger partial charge >= 0.3 is 5.97 Å². The van der Waals surface area contributed by atoms with E-state index in [0.717, 1.165) is 5.01 Å². The number of aromatic amines is 2. The molecule has 0 saturated carbocycles. The van der Waals surface area contributed by atoms with Gasteiger partial charge in [-0.15, -0.1) is 0 Å². The first kappa shape index (κ1) is 19.2. The van der Waals surface area contributed by atoms with Gasteiger partial charge in [-0.05, 0) is 55.5 Å². The molecule has 0 saturated heterocycles. The lowest BCUT2D eigenvalue weighted by Crippen LogP contribution is -2.36. The Kier molecular flexibility index (Phi) is 4.72. The monoisotopic (exact) mass is 405 g/mol. The molecule has 6 N–H and O–H groups in total. The Morgan fingerprint density at radius 2 is 1.60 bits per heavy atom. The second kappa shape index (κ2) is 7.37. The maximum absolute atomic E-state index is 12.7. The van der Waals surface area contributed by atoms with Crippen LogP contribution in [-0.4, -0.2) is 44.4 Å². The first-order chi connectivity index (χ1) is 14.4. The molecule has 0 aliphatic carbocycles. The van der Waals surface area contributed by atoms with E-state index < -0.39 is 5.97 Å². The summed E-state index contributed by atoms with van der Waals surface area (Å²) in [7, 11) is 0. The molecule has 2 amide bonds. The fourth-order valence-electron chi connectivity index (χ4n) is 3.22. The van der Waals surface area contributed by atoms with Gasteiger partial charge < -0.3 is 20.4 Å². The van der Waals surface area contributed by atoms with Crippen molar-refractivity contribution >= 4 is 45.3 Å². The number of amides is 2. The quantitative estimate of drug-likeness (QED) is 0.197. The van der Waals surface area contributed by atoms with Crippen molar-refractivity contribution < 1.29 is 19.5 Å². The number of aromatic nitrogens is 2. The number of carbonyl (C=O) groups is 3. The zero-order valence-corrected chi connectivity index (χ0v) is 16.0. The minimum atomic E-state index is -1.05. The van der Waals surface area contributed by atoms with Crippen molar-refractivity contribution in [3.63, 3.8) is 0 Å². The molecule has 0 unspecified atom stereocenters. The lowest BCUT2D eigenvalue weighted by molar-refractivity contribution is 0.0690. The number of nitrogens with two attached hydrogens (primary N) is 1. The maximum Gasteiger partial charge on any atom is 0.352 e. The van der Waals surface area contributed by atoms with E-state index in [4.69, 9.17) is 10.9 Å². The van der Waals surface area contributed by atoms with Gasteiger partial charge in [0.15, 0.2) is 0 Å². The number of nitrogens with zero attached hydrogens (tertiary/aromatic N) is 1. The molecule has 9 nitrogen and oxygen atoms in total. The van der Waals surface area contributed by atoms with E-state index >= 15 is 0 Å². The minimum Gasteiger partial charge on any atom is -0.477 e. The Morgan fingerprint density at radius 1 is 0.967 bits per heavy atom. The first-order valence-corrected chi connectivity index (χ1v) is 9.22. The number of carboxylic acids is 1. The third kappa shape index (κ3) is 3.49. The summed E-state index contributed by atoms with van der Waals surface area (Å²) in [5.74, 6) is 3.96. The molecule has 0 aliphatic rings. The normalized spacial score (nSPS) is 11.0. The summed E-state index contributed by atoms with van der Waals surface area (Å²) in [4.78, 5) is 41.8. The number of hydrazine groups is 1. The molecule has 0 atom stereocenters. The molecule has 4 rings (SSSR count). The van der Waals surface area contributed by atoms with E-state index in [-0.39, 0.29) is 17.5 Å². The highest BCUT2D eigenvalue weighted by Crippen LogP contribution is 2.22. The zero-order chi connectivity index (χ0) is 21.4. The van der Waals surface area contributed by atoms with Crippen LogP contribution in [0.3, 0.4) is 0 Å². The maximum atomic E-state index is 12.7. The fourth-order valence-corrected chi connectivity index (χ4v) is 3.22. The van der Waals surface area contributed by atoms with Crippen molar-refractivity contribution in [3.05, 3.63) is 65.5 Å². The average molecular weight is 405 g/mol. The summed E-state index contributed by atoms with van der Waals surface area (Å²) in [6.45, 7) is 2.17. The Morgan fingerprint density at radius 3 is 2.30 bits per heavy atom. The lowest BCUT2D eigenvalue weighted by Gasteiger charge is -2.13. The van der Waals surface area contributed by atoms with Crippen LogP contribution in [-0.2, 0) is 0 Å². The standard InChI is InChI=1S/C21H19N5O4/c1-2-26(22)20(28)11-3-5-15-12(7-11)9-17(24-15)19(27)23-14-4-6-16-13(8-14)10-18(25-16)21(29)30/h3-10,24-25H,2,22H2,1H3,(H,23,27)(H,29,30). The summed E-state index contributed by atoms with van der Waals surface area (Å²) in [6, 6.07) is 13.3. The molecule has 9 heteroatoms. The zero-order valence-electron chi connectivity index (χ0n) is 16.0. The van der Waals surface area contributed by atoms with Crippen LogP contribution < -0.4 is 11.2 Å². The van der Waals surface area contributed by atoms with E-state index in [1.54, 1.807) is 49.4 Å². The van der Waals surface area contributed by atoms with Gasteiger partial charge in [0.1, 0.15) is 11.4 Å². The highest BCUT2D eigenvalue weighted by molar-refractivity contribution is 6.07. The number of nitrogens with one attached hydrogen (secondary N) is 3. The average Bonchev–Trinajstić information content (AvgIpc) is 3.35. The van der Waals surface area contributed by atoms with Crippen LogP contribution in [0.15, 0.2) is 48.5 Å². The van der Waals surface area contributed by atoms with E-state index in [1.165, 1.54) is 6.07 Å². The minimum absolute atomic E-state index is 0.0774. The molecule has 2 aromatic carbocycles. The van der Waals surface area contributed by atoms with E-state index in [2.05, 4.69) is 15.3 Å². The van der Waals surface area contributed by atoms with E-state index in [9.17, 15) is 14.4 Å². The lowest BCUT2D eigenvalue weighted by atomic mass is 10.1. The van der Waals surface area contributed by atoms with Crippen molar-refractivity contribution in [2.75, 3.05) is 11.9 Å². The number of carboxylic acid groups (broad SMARTS) is 1. The number of fused-ring (bicyclic) bond motifs is 2. The number of anilines is 1. The summed E-state index contributed by atoms with van der Waals surface area (Å²) in [5.41, 5.74) is 2.74. The molecule has 0 fully saturated rings. The van der Waals surface area contributed by atoms with Crippen molar-refractivity contribution in [3.8, 4) is 0 Å². The fraction of sp³-hybridized carbons (Fsp3) is 0.0952. The number of hydrogen-bond acceptors (Lipinski definition) is 4. The van der Waals surface area contributed by atoms with Crippen LogP contribution in [0, 0.1) is 0 Å².